The van der Waals surface area contributed by atoms with Crippen molar-refractivity contribution < 1.29 is 23.8 Å². The first-order valence-corrected chi connectivity index (χ1v) is 12.1. The van der Waals surface area contributed by atoms with Crippen molar-refractivity contribution in [1.29, 1.82) is 0 Å². The number of carbonyl (C=O) groups excluding carboxylic acids is 2. The summed E-state index contributed by atoms with van der Waals surface area (Å²) >= 11 is 3.34. The molecule has 0 bridgehead atoms. The molecule has 1 N–H and O–H groups in total. The molecular weight excluding hydrogens is 536 g/mol. The van der Waals surface area contributed by atoms with Gasteiger partial charge >= 0.3 is 5.97 Å². The predicted molar refractivity (Wildman–Crippen MR) is 144 cm³/mol. The van der Waals surface area contributed by atoms with Gasteiger partial charge in [-0.3, -0.25) is 4.79 Å². The van der Waals surface area contributed by atoms with Crippen LogP contribution in [0.1, 0.15) is 21.5 Å². The summed E-state index contributed by atoms with van der Waals surface area (Å²) in [7, 11) is 0. The number of nitrogens with zero attached hydrogens (tertiary/aromatic N) is 1. The zero-order chi connectivity index (χ0) is 25.9. The first-order valence-electron chi connectivity index (χ1n) is 11.3. The maximum atomic E-state index is 12.3. The molecule has 0 aliphatic carbocycles. The average Bonchev–Trinajstić information content (AvgIpc) is 2.93. The third-order valence-corrected chi connectivity index (χ3v) is 5.72. The standard InChI is InChI=1S/C29H23BrN2O5/c30-27-9-5-4-8-26(27)29(34)37-25-12-10-21(11-13-25)18-31-32-28(33)20-36-24-16-14-23(15-17-24)35-19-22-6-2-1-3-7-22/h1-18H,19-20H2,(H,32,33)/b31-18-. The number of halogens is 1. The molecule has 0 radical (unpaired) electrons. The average molecular weight is 559 g/mol. The fraction of sp³-hybridized carbons (Fsp3) is 0.0690. The topological polar surface area (TPSA) is 86.2 Å². The van der Waals surface area contributed by atoms with E-state index in [0.717, 1.165) is 5.56 Å². The summed E-state index contributed by atoms with van der Waals surface area (Å²) in [6.45, 7) is 0.284. The Labute approximate surface area is 222 Å². The molecule has 0 aromatic heterocycles. The van der Waals surface area contributed by atoms with Gasteiger partial charge in [0.15, 0.2) is 6.61 Å². The number of hydrogen-bond donors (Lipinski definition) is 1. The molecule has 7 nitrogen and oxygen atoms in total. The molecule has 1 amide bonds. The quantitative estimate of drug-likeness (QED) is 0.115. The van der Waals surface area contributed by atoms with Crippen molar-refractivity contribution in [3.05, 3.63) is 124 Å². The van der Waals surface area contributed by atoms with Gasteiger partial charge in [-0.1, -0.05) is 42.5 Å². The number of nitrogens with one attached hydrogen (secondary N) is 1. The summed E-state index contributed by atoms with van der Waals surface area (Å²) in [5.41, 5.74) is 4.65. The zero-order valence-electron chi connectivity index (χ0n) is 19.7. The van der Waals surface area contributed by atoms with Crippen LogP contribution in [0.5, 0.6) is 17.2 Å². The van der Waals surface area contributed by atoms with Crippen LogP contribution < -0.4 is 19.6 Å². The summed E-state index contributed by atoms with van der Waals surface area (Å²) in [5, 5.41) is 3.93. The molecule has 0 aliphatic rings. The summed E-state index contributed by atoms with van der Waals surface area (Å²) in [6.07, 6.45) is 1.48. The van der Waals surface area contributed by atoms with Crippen molar-refractivity contribution >= 4 is 34.0 Å². The minimum atomic E-state index is -0.462. The lowest BCUT2D eigenvalue weighted by Crippen LogP contribution is -2.24. The molecule has 4 aromatic rings. The van der Waals surface area contributed by atoms with Crippen molar-refractivity contribution in [3.63, 3.8) is 0 Å². The smallest absolute Gasteiger partial charge is 0.344 e. The number of amides is 1. The number of carbonyl (C=O) groups is 2. The molecule has 8 heteroatoms. The second-order valence-corrected chi connectivity index (χ2v) is 8.62. The van der Waals surface area contributed by atoms with Crippen LogP contribution in [0, 0.1) is 0 Å². The van der Waals surface area contributed by atoms with Crippen LogP contribution in [0.3, 0.4) is 0 Å². The van der Waals surface area contributed by atoms with Gasteiger partial charge in [-0.05, 0) is 87.7 Å². The number of rotatable bonds is 10. The summed E-state index contributed by atoms with van der Waals surface area (Å²) in [6, 6.07) is 30.7. The Bertz CT molecular complexity index is 1360. The Balaban J connectivity index is 1.18. The van der Waals surface area contributed by atoms with Crippen LogP contribution in [-0.4, -0.2) is 24.7 Å². The van der Waals surface area contributed by atoms with E-state index in [9.17, 15) is 9.59 Å². The monoisotopic (exact) mass is 558 g/mol. The van der Waals surface area contributed by atoms with E-state index in [4.69, 9.17) is 14.2 Å². The highest BCUT2D eigenvalue weighted by molar-refractivity contribution is 9.10. The minimum Gasteiger partial charge on any atom is -0.489 e. The highest BCUT2D eigenvalue weighted by Crippen LogP contribution is 2.20. The fourth-order valence-corrected chi connectivity index (χ4v) is 3.59. The van der Waals surface area contributed by atoms with Crippen LogP contribution >= 0.6 is 15.9 Å². The lowest BCUT2D eigenvalue weighted by molar-refractivity contribution is -0.123. The largest absolute Gasteiger partial charge is 0.489 e. The SMILES string of the molecule is O=C(COc1ccc(OCc2ccccc2)cc1)N/N=C\c1ccc(OC(=O)c2ccccc2Br)cc1. The molecule has 4 rings (SSSR count). The van der Waals surface area contributed by atoms with E-state index in [-0.39, 0.29) is 6.61 Å². The third kappa shape index (κ3) is 8.05. The van der Waals surface area contributed by atoms with E-state index in [1.807, 2.05) is 36.4 Å². The van der Waals surface area contributed by atoms with E-state index >= 15 is 0 Å². The van der Waals surface area contributed by atoms with Crippen molar-refractivity contribution in [2.24, 2.45) is 5.10 Å². The molecule has 0 heterocycles. The second-order valence-electron chi connectivity index (χ2n) is 7.77. The number of benzene rings is 4. The molecule has 0 saturated carbocycles. The first kappa shape index (κ1) is 25.7. The number of hydrazone groups is 1. The van der Waals surface area contributed by atoms with E-state index < -0.39 is 11.9 Å². The molecule has 37 heavy (non-hydrogen) atoms. The first-order chi connectivity index (χ1) is 18.1. The van der Waals surface area contributed by atoms with Gasteiger partial charge in [-0.2, -0.15) is 5.10 Å². The maximum Gasteiger partial charge on any atom is 0.344 e. The lowest BCUT2D eigenvalue weighted by atomic mass is 10.2. The van der Waals surface area contributed by atoms with Gasteiger partial charge in [-0.15, -0.1) is 0 Å². The predicted octanol–water partition coefficient (Wildman–Crippen LogP) is 5.78. The molecule has 0 fully saturated rings. The van der Waals surface area contributed by atoms with E-state index in [2.05, 4.69) is 26.5 Å². The maximum absolute atomic E-state index is 12.3. The minimum absolute atomic E-state index is 0.189. The van der Waals surface area contributed by atoms with Gasteiger partial charge < -0.3 is 14.2 Å². The van der Waals surface area contributed by atoms with Crippen LogP contribution in [0.4, 0.5) is 0 Å². The second kappa shape index (κ2) is 13.0. The van der Waals surface area contributed by atoms with E-state index in [1.54, 1.807) is 66.7 Å². The van der Waals surface area contributed by atoms with Crippen molar-refractivity contribution in [1.82, 2.24) is 5.43 Å². The molecule has 186 valence electrons. The molecular formula is C29H23BrN2O5. The van der Waals surface area contributed by atoms with Gasteiger partial charge in [0, 0.05) is 4.47 Å². The third-order valence-electron chi connectivity index (χ3n) is 5.03. The van der Waals surface area contributed by atoms with Crippen LogP contribution in [0.25, 0.3) is 0 Å². The number of ether oxygens (including phenoxy) is 3. The van der Waals surface area contributed by atoms with Gasteiger partial charge in [-0.25, -0.2) is 10.2 Å². The molecule has 0 atom stereocenters. The zero-order valence-corrected chi connectivity index (χ0v) is 21.3. The summed E-state index contributed by atoms with van der Waals surface area (Å²) in [5.74, 6) is 0.778. The Hall–Kier alpha value is -4.43. The van der Waals surface area contributed by atoms with Gasteiger partial charge in [0.2, 0.25) is 0 Å². The Kier molecular flexibility index (Phi) is 9.04. The Morgan fingerprint density at radius 1 is 0.757 bits per heavy atom. The molecule has 0 unspecified atom stereocenters. The number of hydrogen-bond acceptors (Lipinski definition) is 6. The van der Waals surface area contributed by atoms with Crippen molar-refractivity contribution in [2.45, 2.75) is 6.61 Å². The molecule has 4 aromatic carbocycles. The van der Waals surface area contributed by atoms with Crippen LogP contribution in [0.2, 0.25) is 0 Å². The highest BCUT2D eigenvalue weighted by Gasteiger charge is 2.11. The summed E-state index contributed by atoms with van der Waals surface area (Å²) in [4.78, 5) is 24.3. The van der Waals surface area contributed by atoms with Crippen molar-refractivity contribution in [3.8, 4) is 17.2 Å². The lowest BCUT2D eigenvalue weighted by Gasteiger charge is -2.08. The van der Waals surface area contributed by atoms with Gasteiger partial charge in [0.25, 0.3) is 5.91 Å². The number of esters is 1. The fourth-order valence-electron chi connectivity index (χ4n) is 3.14. The summed E-state index contributed by atoms with van der Waals surface area (Å²) < 4.78 is 17.3. The van der Waals surface area contributed by atoms with E-state index in [1.165, 1.54) is 6.21 Å². The Morgan fingerprint density at radius 3 is 2.08 bits per heavy atom. The van der Waals surface area contributed by atoms with Crippen LogP contribution in [-0.2, 0) is 11.4 Å². The molecule has 0 spiro atoms. The van der Waals surface area contributed by atoms with Gasteiger partial charge in [0.1, 0.15) is 23.9 Å². The van der Waals surface area contributed by atoms with Crippen molar-refractivity contribution in [2.75, 3.05) is 6.61 Å². The van der Waals surface area contributed by atoms with E-state index in [0.29, 0.717) is 39.5 Å². The normalized spacial score (nSPS) is 10.6. The van der Waals surface area contributed by atoms with Gasteiger partial charge in [0.05, 0.1) is 11.8 Å². The highest BCUT2D eigenvalue weighted by atomic mass is 79.9. The molecule has 0 aliphatic heterocycles. The van der Waals surface area contributed by atoms with Crippen LogP contribution in [0.15, 0.2) is 113 Å². The molecule has 0 saturated heterocycles. The Morgan fingerprint density at radius 2 is 1.38 bits per heavy atom.